The lowest BCUT2D eigenvalue weighted by atomic mass is 10.1. The number of carbonyl (C=O) groups is 2. The van der Waals surface area contributed by atoms with E-state index >= 15 is 0 Å². The maximum atomic E-state index is 12.5. The van der Waals surface area contributed by atoms with Crippen molar-refractivity contribution in [2.24, 2.45) is 0 Å². The fraction of sp³-hybridized carbons (Fsp3) is 0.556. The smallest absolute Gasteiger partial charge is 0.337 e. The molecule has 2 aliphatic rings. The number of hydrogen-bond donors (Lipinski definition) is 0. The first-order valence-electron chi connectivity index (χ1n) is 8.45. The highest BCUT2D eigenvalue weighted by Crippen LogP contribution is 2.22. The van der Waals surface area contributed by atoms with Crippen LogP contribution in [0.4, 0.5) is 5.69 Å². The van der Waals surface area contributed by atoms with Crippen LogP contribution in [0.3, 0.4) is 0 Å². The van der Waals surface area contributed by atoms with E-state index in [1.54, 1.807) is 12.1 Å². The Balaban J connectivity index is 1.62. The van der Waals surface area contributed by atoms with E-state index in [9.17, 15) is 9.59 Å². The van der Waals surface area contributed by atoms with Crippen molar-refractivity contribution in [1.29, 1.82) is 0 Å². The Kier molecular flexibility index (Phi) is 5.04. The van der Waals surface area contributed by atoms with Gasteiger partial charge in [0.05, 0.1) is 12.7 Å². The maximum absolute atomic E-state index is 12.5. The molecule has 0 aromatic heterocycles. The van der Waals surface area contributed by atoms with E-state index in [4.69, 9.17) is 9.47 Å². The molecule has 6 nitrogen and oxygen atoms in total. The highest BCUT2D eigenvalue weighted by molar-refractivity contribution is 5.89. The second-order valence-corrected chi connectivity index (χ2v) is 6.37. The molecule has 2 aliphatic heterocycles. The van der Waals surface area contributed by atoms with Crippen molar-refractivity contribution in [3.8, 4) is 0 Å². The number of methoxy groups -OCH3 is 1. The molecule has 0 bridgehead atoms. The molecule has 1 aromatic carbocycles. The summed E-state index contributed by atoms with van der Waals surface area (Å²) in [5.41, 5.74) is 1.60. The van der Waals surface area contributed by atoms with Crippen LogP contribution in [0.2, 0.25) is 0 Å². The molecule has 3 rings (SSSR count). The molecular formula is C18H24N2O4. The van der Waals surface area contributed by atoms with Gasteiger partial charge in [0.15, 0.2) is 0 Å². The average Bonchev–Trinajstić information content (AvgIpc) is 3.15. The number of piperazine rings is 1. The van der Waals surface area contributed by atoms with Crippen molar-refractivity contribution < 1.29 is 19.1 Å². The van der Waals surface area contributed by atoms with Gasteiger partial charge >= 0.3 is 5.97 Å². The number of benzene rings is 1. The minimum Gasteiger partial charge on any atom is -0.465 e. The van der Waals surface area contributed by atoms with Crippen LogP contribution in [-0.4, -0.2) is 62.3 Å². The van der Waals surface area contributed by atoms with Gasteiger partial charge in [0, 0.05) is 38.0 Å². The Bertz CT molecular complexity index is 596. The fourth-order valence-corrected chi connectivity index (χ4v) is 3.40. The summed E-state index contributed by atoms with van der Waals surface area (Å²) in [6, 6.07) is 7.54. The maximum Gasteiger partial charge on any atom is 0.337 e. The highest BCUT2D eigenvalue weighted by atomic mass is 16.5. The number of carbonyl (C=O) groups excluding carboxylic acids is 2. The molecule has 0 spiro atoms. The van der Waals surface area contributed by atoms with Crippen LogP contribution in [0.25, 0.3) is 0 Å². The second kappa shape index (κ2) is 7.21. The first-order valence-corrected chi connectivity index (χ1v) is 8.45. The molecule has 2 saturated heterocycles. The summed E-state index contributed by atoms with van der Waals surface area (Å²) < 4.78 is 10.2. The van der Waals surface area contributed by atoms with Crippen molar-refractivity contribution in [2.45, 2.75) is 31.9 Å². The van der Waals surface area contributed by atoms with E-state index in [1.807, 2.05) is 17.0 Å². The number of esters is 1. The molecular weight excluding hydrogens is 308 g/mol. The molecule has 1 aromatic rings. The standard InChI is InChI=1S/C18H24N2O4/c1-13-12-19(15-7-5-14(6-8-15)18(22)23-2)9-10-20(13)17(21)16-4-3-11-24-16/h5-8,13,16H,3-4,9-12H2,1-2H3/t13-,16+/m0/s1. The van der Waals surface area contributed by atoms with E-state index in [0.29, 0.717) is 18.7 Å². The zero-order valence-electron chi connectivity index (χ0n) is 14.2. The monoisotopic (exact) mass is 332 g/mol. The molecule has 24 heavy (non-hydrogen) atoms. The first kappa shape index (κ1) is 16.8. The molecule has 2 fully saturated rings. The van der Waals surface area contributed by atoms with Crippen molar-refractivity contribution in [3.05, 3.63) is 29.8 Å². The molecule has 0 saturated carbocycles. The number of anilines is 1. The van der Waals surface area contributed by atoms with Gasteiger partial charge in [0.25, 0.3) is 5.91 Å². The van der Waals surface area contributed by atoms with Crippen LogP contribution in [0.1, 0.15) is 30.1 Å². The van der Waals surface area contributed by atoms with Crippen molar-refractivity contribution in [1.82, 2.24) is 4.90 Å². The summed E-state index contributed by atoms with van der Waals surface area (Å²) >= 11 is 0. The Labute approximate surface area is 142 Å². The molecule has 0 N–H and O–H groups in total. The molecule has 0 aliphatic carbocycles. The third kappa shape index (κ3) is 3.38. The summed E-state index contributed by atoms with van der Waals surface area (Å²) in [7, 11) is 1.38. The summed E-state index contributed by atoms with van der Waals surface area (Å²) in [6.45, 7) is 5.01. The van der Waals surface area contributed by atoms with Crippen LogP contribution in [0, 0.1) is 0 Å². The zero-order valence-corrected chi connectivity index (χ0v) is 14.2. The summed E-state index contributed by atoms with van der Waals surface area (Å²) in [6.07, 6.45) is 1.55. The molecule has 6 heteroatoms. The van der Waals surface area contributed by atoms with Crippen molar-refractivity contribution in [3.63, 3.8) is 0 Å². The largest absolute Gasteiger partial charge is 0.465 e. The predicted molar refractivity (Wildman–Crippen MR) is 90.1 cm³/mol. The lowest BCUT2D eigenvalue weighted by Gasteiger charge is -2.41. The van der Waals surface area contributed by atoms with Gasteiger partial charge in [0.2, 0.25) is 0 Å². The quantitative estimate of drug-likeness (QED) is 0.789. The van der Waals surface area contributed by atoms with Crippen LogP contribution in [0.15, 0.2) is 24.3 Å². The van der Waals surface area contributed by atoms with Gasteiger partial charge in [0.1, 0.15) is 6.10 Å². The minimum absolute atomic E-state index is 0.126. The third-order valence-electron chi connectivity index (χ3n) is 4.77. The number of nitrogens with zero attached hydrogens (tertiary/aromatic N) is 2. The second-order valence-electron chi connectivity index (χ2n) is 6.37. The minimum atomic E-state index is -0.332. The van der Waals surface area contributed by atoms with Gasteiger partial charge in [-0.05, 0) is 44.0 Å². The van der Waals surface area contributed by atoms with Gasteiger partial charge in [-0.25, -0.2) is 4.79 Å². The Morgan fingerprint density at radius 3 is 2.54 bits per heavy atom. The molecule has 2 heterocycles. The number of rotatable bonds is 3. The van der Waals surface area contributed by atoms with Crippen LogP contribution in [0.5, 0.6) is 0 Å². The first-order chi connectivity index (χ1) is 11.6. The van der Waals surface area contributed by atoms with E-state index in [-0.39, 0.29) is 24.0 Å². The fourth-order valence-electron chi connectivity index (χ4n) is 3.40. The predicted octanol–water partition coefficient (Wildman–Crippen LogP) is 1.69. The average molecular weight is 332 g/mol. The van der Waals surface area contributed by atoms with Gasteiger partial charge in [-0.3, -0.25) is 4.79 Å². The Hall–Kier alpha value is -2.08. The molecule has 0 unspecified atom stereocenters. The number of amides is 1. The number of ether oxygens (including phenoxy) is 2. The lowest BCUT2D eigenvalue weighted by Crippen LogP contribution is -2.56. The van der Waals surface area contributed by atoms with E-state index in [1.165, 1.54) is 7.11 Å². The SMILES string of the molecule is COC(=O)c1ccc(N2CCN(C(=O)[C@H]3CCCO3)[C@@H](C)C2)cc1. The van der Waals surface area contributed by atoms with Crippen LogP contribution >= 0.6 is 0 Å². The van der Waals surface area contributed by atoms with Crippen LogP contribution < -0.4 is 4.90 Å². The summed E-state index contributed by atoms with van der Waals surface area (Å²) in [4.78, 5) is 28.2. The van der Waals surface area contributed by atoms with Gasteiger partial charge < -0.3 is 19.3 Å². The van der Waals surface area contributed by atoms with E-state index in [0.717, 1.165) is 31.6 Å². The highest BCUT2D eigenvalue weighted by Gasteiger charge is 2.33. The molecule has 2 atom stereocenters. The van der Waals surface area contributed by atoms with Gasteiger partial charge in [-0.2, -0.15) is 0 Å². The summed E-state index contributed by atoms with van der Waals surface area (Å²) in [5, 5.41) is 0. The molecule has 130 valence electrons. The van der Waals surface area contributed by atoms with Crippen LogP contribution in [-0.2, 0) is 14.3 Å². The zero-order chi connectivity index (χ0) is 17.1. The van der Waals surface area contributed by atoms with E-state index < -0.39 is 0 Å². The molecule has 0 radical (unpaired) electrons. The van der Waals surface area contributed by atoms with Gasteiger partial charge in [-0.1, -0.05) is 0 Å². The third-order valence-corrected chi connectivity index (χ3v) is 4.77. The Morgan fingerprint density at radius 1 is 1.21 bits per heavy atom. The lowest BCUT2D eigenvalue weighted by molar-refractivity contribution is -0.143. The topological polar surface area (TPSA) is 59.1 Å². The Morgan fingerprint density at radius 2 is 1.96 bits per heavy atom. The number of hydrogen-bond acceptors (Lipinski definition) is 5. The van der Waals surface area contributed by atoms with Gasteiger partial charge in [-0.15, -0.1) is 0 Å². The van der Waals surface area contributed by atoms with Crippen molar-refractivity contribution in [2.75, 3.05) is 38.3 Å². The normalized spacial score (nSPS) is 24.1. The van der Waals surface area contributed by atoms with E-state index in [2.05, 4.69) is 11.8 Å². The molecule has 1 amide bonds. The summed E-state index contributed by atoms with van der Waals surface area (Å²) in [5.74, 6) is -0.206. The van der Waals surface area contributed by atoms with Crippen molar-refractivity contribution >= 4 is 17.6 Å².